The number of rotatable bonds is 5. The van der Waals surface area contributed by atoms with Gasteiger partial charge in [-0.3, -0.25) is 4.90 Å². The number of para-hydroxylation sites is 1. The highest BCUT2D eigenvalue weighted by molar-refractivity contribution is 5.33. The summed E-state index contributed by atoms with van der Waals surface area (Å²) >= 11 is 0. The first-order chi connectivity index (χ1) is 10.4. The summed E-state index contributed by atoms with van der Waals surface area (Å²) in [5.74, 6) is 0.824. The SMILES string of the molecule is N#CCOc1ccccc1CNC1CCN2CCCCC12. The van der Waals surface area contributed by atoms with E-state index in [-0.39, 0.29) is 6.61 Å². The van der Waals surface area contributed by atoms with Crippen molar-refractivity contribution >= 4 is 0 Å². The van der Waals surface area contributed by atoms with Crippen molar-refractivity contribution in [3.05, 3.63) is 29.8 Å². The van der Waals surface area contributed by atoms with Crippen molar-refractivity contribution in [1.82, 2.24) is 10.2 Å². The Balaban J connectivity index is 1.59. The second kappa shape index (κ2) is 6.93. The molecule has 0 aliphatic carbocycles. The van der Waals surface area contributed by atoms with Crippen LogP contribution in [-0.2, 0) is 6.54 Å². The van der Waals surface area contributed by atoms with Crippen LogP contribution in [0.5, 0.6) is 5.75 Å². The fraction of sp³-hybridized carbons (Fsp3) is 0.588. The van der Waals surface area contributed by atoms with Gasteiger partial charge in [0.25, 0.3) is 0 Å². The first kappa shape index (κ1) is 14.4. The Morgan fingerprint density at radius 3 is 3.05 bits per heavy atom. The average molecular weight is 285 g/mol. The van der Waals surface area contributed by atoms with Crippen LogP contribution in [0.4, 0.5) is 0 Å². The van der Waals surface area contributed by atoms with E-state index in [0.717, 1.165) is 17.9 Å². The predicted molar refractivity (Wildman–Crippen MR) is 82.0 cm³/mol. The third-order valence-electron chi connectivity index (χ3n) is 4.68. The molecule has 0 spiro atoms. The number of fused-ring (bicyclic) bond motifs is 1. The number of hydrogen-bond acceptors (Lipinski definition) is 4. The summed E-state index contributed by atoms with van der Waals surface area (Å²) in [5, 5.41) is 12.4. The van der Waals surface area contributed by atoms with E-state index in [4.69, 9.17) is 10.00 Å². The lowest BCUT2D eigenvalue weighted by Gasteiger charge is -2.32. The van der Waals surface area contributed by atoms with E-state index in [1.54, 1.807) is 0 Å². The molecule has 21 heavy (non-hydrogen) atoms. The Hall–Kier alpha value is -1.57. The van der Waals surface area contributed by atoms with Gasteiger partial charge in [-0.05, 0) is 31.9 Å². The van der Waals surface area contributed by atoms with Gasteiger partial charge < -0.3 is 10.1 Å². The first-order valence-electron chi connectivity index (χ1n) is 7.93. The third-order valence-corrected chi connectivity index (χ3v) is 4.68. The van der Waals surface area contributed by atoms with Crippen LogP contribution in [0.15, 0.2) is 24.3 Å². The molecular weight excluding hydrogens is 262 g/mol. The number of nitriles is 1. The summed E-state index contributed by atoms with van der Waals surface area (Å²) in [7, 11) is 0. The van der Waals surface area contributed by atoms with Crippen LogP contribution in [-0.4, -0.2) is 36.7 Å². The topological polar surface area (TPSA) is 48.3 Å². The molecule has 0 amide bonds. The van der Waals surface area contributed by atoms with Crippen molar-refractivity contribution in [3.63, 3.8) is 0 Å². The molecule has 112 valence electrons. The molecule has 0 aromatic heterocycles. The highest BCUT2D eigenvalue weighted by Crippen LogP contribution is 2.27. The molecule has 2 atom stereocenters. The number of nitrogens with one attached hydrogen (secondary N) is 1. The summed E-state index contributed by atoms with van der Waals surface area (Å²) < 4.78 is 5.50. The highest BCUT2D eigenvalue weighted by Gasteiger charge is 2.34. The number of nitrogens with zero attached hydrogens (tertiary/aromatic N) is 2. The molecule has 0 bridgehead atoms. The molecular formula is C17H23N3O. The van der Waals surface area contributed by atoms with Crippen LogP contribution >= 0.6 is 0 Å². The first-order valence-corrected chi connectivity index (χ1v) is 7.93. The van der Waals surface area contributed by atoms with Crippen molar-refractivity contribution in [2.45, 2.75) is 44.3 Å². The van der Waals surface area contributed by atoms with E-state index in [1.165, 1.54) is 38.8 Å². The normalized spacial score (nSPS) is 25.3. The van der Waals surface area contributed by atoms with Crippen LogP contribution in [0.3, 0.4) is 0 Å². The fourth-order valence-corrected chi connectivity index (χ4v) is 3.63. The maximum absolute atomic E-state index is 8.65. The molecule has 0 radical (unpaired) electrons. The van der Waals surface area contributed by atoms with Crippen LogP contribution in [0.25, 0.3) is 0 Å². The Morgan fingerprint density at radius 1 is 1.24 bits per heavy atom. The van der Waals surface area contributed by atoms with Crippen molar-refractivity contribution < 1.29 is 4.74 Å². The fourth-order valence-electron chi connectivity index (χ4n) is 3.63. The maximum Gasteiger partial charge on any atom is 0.174 e. The summed E-state index contributed by atoms with van der Waals surface area (Å²) in [6.07, 6.45) is 5.28. The molecule has 0 saturated carbocycles. The van der Waals surface area contributed by atoms with Gasteiger partial charge in [0, 0.05) is 30.7 Å². The monoisotopic (exact) mass is 285 g/mol. The van der Waals surface area contributed by atoms with Gasteiger partial charge in [-0.15, -0.1) is 0 Å². The summed E-state index contributed by atoms with van der Waals surface area (Å²) in [6, 6.07) is 11.3. The van der Waals surface area contributed by atoms with Gasteiger partial charge in [0.2, 0.25) is 0 Å². The second-order valence-corrected chi connectivity index (χ2v) is 5.93. The molecule has 2 aliphatic heterocycles. The van der Waals surface area contributed by atoms with Crippen LogP contribution in [0, 0.1) is 11.3 Å². The quantitative estimate of drug-likeness (QED) is 0.902. The summed E-state index contributed by atoms with van der Waals surface area (Å²) in [6.45, 7) is 3.42. The van der Waals surface area contributed by atoms with Crippen molar-refractivity contribution in [1.29, 1.82) is 5.26 Å². The van der Waals surface area contributed by atoms with Crippen LogP contribution < -0.4 is 10.1 Å². The van der Waals surface area contributed by atoms with Gasteiger partial charge in [-0.25, -0.2) is 0 Å². The van der Waals surface area contributed by atoms with Crippen molar-refractivity contribution in [3.8, 4) is 11.8 Å². The molecule has 3 rings (SSSR count). The summed E-state index contributed by atoms with van der Waals surface area (Å²) in [5.41, 5.74) is 1.14. The van der Waals surface area contributed by atoms with E-state index in [2.05, 4.69) is 16.3 Å². The molecule has 4 nitrogen and oxygen atoms in total. The molecule has 4 heteroatoms. The van der Waals surface area contributed by atoms with Crippen LogP contribution in [0.2, 0.25) is 0 Å². The summed E-state index contributed by atoms with van der Waals surface area (Å²) in [4.78, 5) is 2.64. The van der Waals surface area contributed by atoms with Crippen molar-refractivity contribution in [2.75, 3.05) is 19.7 Å². The molecule has 1 N–H and O–H groups in total. The van der Waals surface area contributed by atoms with E-state index >= 15 is 0 Å². The number of ether oxygens (including phenoxy) is 1. The zero-order valence-corrected chi connectivity index (χ0v) is 12.4. The largest absolute Gasteiger partial charge is 0.478 e. The van der Waals surface area contributed by atoms with E-state index in [9.17, 15) is 0 Å². The lowest BCUT2D eigenvalue weighted by atomic mass is 9.99. The number of hydrogen-bond donors (Lipinski definition) is 1. The maximum atomic E-state index is 8.65. The molecule has 2 unspecified atom stereocenters. The zero-order chi connectivity index (χ0) is 14.5. The smallest absolute Gasteiger partial charge is 0.174 e. The van der Waals surface area contributed by atoms with E-state index < -0.39 is 0 Å². The van der Waals surface area contributed by atoms with Gasteiger partial charge in [0.05, 0.1) is 0 Å². The molecule has 1 aromatic rings. The lowest BCUT2D eigenvalue weighted by molar-refractivity contribution is 0.180. The molecule has 2 saturated heterocycles. The highest BCUT2D eigenvalue weighted by atomic mass is 16.5. The molecule has 2 aliphatic rings. The minimum Gasteiger partial charge on any atom is -0.478 e. The van der Waals surface area contributed by atoms with E-state index in [0.29, 0.717) is 12.1 Å². The lowest BCUT2D eigenvalue weighted by Crippen LogP contribution is -2.44. The molecule has 2 heterocycles. The Bertz CT molecular complexity index is 511. The van der Waals surface area contributed by atoms with Gasteiger partial charge in [0.1, 0.15) is 11.8 Å². The Morgan fingerprint density at radius 2 is 2.14 bits per heavy atom. The third kappa shape index (κ3) is 3.37. The number of piperidine rings is 1. The average Bonchev–Trinajstić information content (AvgIpc) is 2.95. The second-order valence-electron chi connectivity index (χ2n) is 5.93. The zero-order valence-electron chi connectivity index (χ0n) is 12.4. The minimum atomic E-state index is 0.108. The number of benzene rings is 1. The molecule has 2 fully saturated rings. The van der Waals surface area contributed by atoms with Gasteiger partial charge >= 0.3 is 0 Å². The standard InChI is InChI=1S/C17H23N3O/c18-9-12-21-17-7-2-1-5-14(17)13-19-15-8-11-20-10-4-3-6-16(15)20/h1-2,5,7,15-16,19H,3-4,6,8,10-13H2. The Kier molecular flexibility index (Phi) is 4.74. The van der Waals surface area contributed by atoms with Gasteiger partial charge in [-0.2, -0.15) is 5.26 Å². The predicted octanol–water partition coefficient (Wildman–Crippen LogP) is 2.31. The minimum absolute atomic E-state index is 0.108. The van der Waals surface area contributed by atoms with Gasteiger partial charge in [0.15, 0.2) is 6.61 Å². The van der Waals surface area contributed by atoms with E-state index in [1.807, 2.05) is 24.3 Å². The Labute approximate surface area is 126 Å². The van der Waals surface area contributed by atoms with Crippen molar-refractivity contribution in [2.24, 2.45) is 0 Å². The van der Waals surface area contributed by atoms with Crippen LogP contribution in [0.1, 0.15) is 31.2 Å². The molecule has 1 aromatic carbocycles. The van der Waals surface area contributed by atoms with Gasteiger partial charge in [-0.1, -0.05) is 24.6 Å².